The lowest BCUT2D eigenvalue weighted by Gasteiger charge is -2.11. The first-order valence-corrected chi connectivity index (χ1v) is 8.28. The van der Waals surface area contributed by atoms with Crippen molar-refractivity contribution in [3.05, 3.63) is 75.1 Å². The molecule has 3 heterocycles. The van der Waals surface area contributed by atoms with Crippen molar-refractivity contribution in [2.75, 3.05) is 0 Å². The SMILES string of the molecule is OCc1cn2c(n1)CN=C(c1ccccn1)c1cc(I)ccc1-2. The highest BCUT2D eigenvalue weighted by molar-refractivity contribution is 14.1. The topological polar surface area (TPSA) is 63.3 Å². The first-order valence-electron chi connectivity index (χ1n) is 7.20. The molecule has 4 rings (SSSR count). The molecule has 0 atom stereocenters. The van der Waals surface area contributed by atoms with E-state index in [2.05, 4.69) is 50.8 Å². The first kappa shape index (κ1) is 14.5. The third kappa shape index (κ3) is 2.57. The molecule has 0 aliphatic carbocycles. The summed E-state index contributed by atoms with van der Waals surface area (Å²) in [5, 5.41) is 9.36. The Kier molecular flexibility index (Phi) is 3.70. The van der Waals surface area contributed by atoms with E-state index < -0.39 is 0 Å². The minimum Gasteiger partial charge on any atom is -0.390 e. The van der Waals surface area contributed by atoms with E-state index in [1.54, 1.807) is 6.20 Å². The lowest BCUT2D eigenvalue weighted by Crippen LogP contribution is -2.08. The highest BCUT2D eigenvalue weighted by Gasteiger charge is 2.21. The Balaban J connectivity index is 1.96. The van der Waals surface area contributed by atoms with Crippen molar-refractivity contribution in [1.29, 1.82) is 0 Å². The summed E-state index contributed by atoms with van der Waals surface area (Å²) in [7, 11) is 0. The number of halogens is 1. The van der Waals surface area contributed by atoms with Gasteiger partial charge in [-0.15, -0.1) is 0 Å². The van der Waals surface area contributed by atoms with Gasteiger partial charge in [-0.05, 0) is 52.9 Å². The predicted molar refractivity (Wildman–Crippen MR) is 95.8 cm³/mol. The van der Waals surface area contributed by atoms with Crippen molar-refractivity contribution < 1.29 is 5.11 Å². The van der Waals surface area contributed by atoms with E-state index in [9.17, 15) is 5.11 Å². The van der Waals surface area contributed by atoms with Gasteiger partial charge in [0.2, 0.25) is 0 Å². The quantitative estimate of drug-likeness (QED) is 0.654. The Morgan fingerprint density at radius 2 is 2.13 bits per heavy atom. The second-order valence-electron chi connectivity index (χ2n) is 5.22. The fourth-order valence-corrected chi connectivity index (χ4v) is 3.22. The van der Waals surface area contributed by atoms with Crippen LogP contribution in [0.3, 0.4) is 0 Å². The third-order valence-corrected chi connectivity index (χ3v) is 4.42. The number of benzene rings is 1. The number of hydrogen-bond donors (Lipinski definition) is 1. The van der Waals surface area contributed by atoms with E-state index in [0.29, 0.717) is 12.2 Å². The maximum Gasteiger partial charge on any atom is 0.135 e. The molecular weight excluding hydrogens is 403 g/mol. The summed E-state index contributed by atoms with van der Waals surface area (Å²) in [4.78, 5) is 13.7. The molecule has 0 unspecified atom stereocenters. The number of pyridine rings is 1. The molecule has 114 valence electrons. The third-order valence-electron chi connectivity index (χ3n) is 3.75. The highest BCUT2D eigenvalue weighted by Crippen LogP contribution is 2.26. The standard InChI is InChI=1S/C17H13IN4O/c18-11-4-5-15-13(7-11)17(14-3-1-2-6-19-14)20-8-16-21-12(10-23)9-22(15)16/h1-7,9,23H,8,10H2. The van der Waals surface area contributed by atoms with Crippen molar-refractivity contribution in [2.45, 2.75) is 13.2 Å². The zero-order chi connectivity index (χ0) is 15.8. The summed E-state index contributed by atoms with van der Waals surface area (Å²) in [6.07, 6.45) is 3.65. The number of fused-ring (bicyclic) bond motifs is 3. The number of rotatable bonds is 2. The van der Waals surface area contributed by atoms with Crippen molar-refractivity contribution in [3.63, 3.8) is 0 Å². The number of aliphatic hydroxyl groups is 1. The van der Waals surface area contributed by atoms with Crippen LogP contribution >= 0.6 is 22.6 Å². The lowest BCUT2D eigenvalue weighted by molar-refractivity contribution is 0.277. The second kappa shape index (κ2) is 5.86. The number of aliphatic imine (C=N–C) groups is 1. The van der Waals surface area contributed by atoms with Crippen LogP contribution in [0.1, 0.15) is 22.8 Å². The Bertz CT molecular complexity index is 902. The molecular formula is C17H13IN4O. The van der Waals surface area contributed by atoms with Crippen LogP contribution in [0.5, 0.6) is 0 Å². The summed E-state index contributed by atoms with van der Waals surface area (Å²) >= 11 is 2.30. The van der Waals surface area contributed by atoms with Gasteiger partial charge >= 0.3 is 0 Å². The van der Waals surface area contributed by atoms with Crippen LogP contribution in [0.4, 0.5) is 0 Å². The van der Waals surface area contributed by atoms with Gasteiger partial charge in [-0.25, -0.2) is 4.98 Å². The van der Waals surface area contributed by atoms with Gasteiger partial charge < -0.3 is 9.67 Å². The molecule has 0 fully saturated rings. The summed E-state index contributed by atoms with van der Waals surface area (Å²) < 4.78 is 3.15. The zero-order valence-electron chi connectivity index (χ0n) is 12.1. The molecule has 1 N–H and O–H groups in total. The monoisotopic (exact) mass is 416 g/mol. The Labute approximate surface area is 146 Å². The Morgan fingerprint density at radius 3 is 2.91 bits per heavy atom. The van der Waals surface area contributed by atoms with Crippen LogP contribution in [0.25, 0.3) is 5.69 Å². The van der Waals surface area contributed by atoms with Crippen LogP contribution in [-0.4, -0.2) is 25.4 Å². The molecule has 0 saturated heterocycles. The molecule has 0 saturated carbocycles. The van der Waals surface area contributed by atoms with Crippen molar-refractivity contribution in [3.8, 4) is 5.69 Å². The average Bonchev–Trinajstić information content (AvgIpc) is 2.93. The Hall–Kier alpha value is -2.06. The summed E-state index contributed by atoms with van der Waals surface area (Å²) in [5.41, 5.74) is 4.41. The lowest BCUT2D eigenvalue weighted by atomic mass is 10.0. The van der Waals surface area contributed by atoms with Crippen LogP contribution in [-0.2, 0) is 13.2 Å². The maximum absolute atomic E-state index is 9.36. The number of aliphatic hydroxyl groups excluding tert-OH is 1. The van der Waals surface area contributed by atoms with Crippen molar-refractivity contribution in [1.82, 2.24) is 14.5 Å². The van der Waals surface area contributed by atoms with Gasteiger partial charge in [0.05, 0.1) is 35.9 Å². The van der Waals surface area contributed by atoms with Crippen molar-refractivity contribution in [2.24, 2.45) is 4.99 Å². The van der Waals surface area contributed by atoms with Gasteiger partial charge in [-0.2, -0.15) is 0 Å². The normalized spacial score (nSPS) is 13.0. The number of imidazole rings is 1. The molecule has 0 radical (unpaired) electrons. The summed E-state index contributed by atoms with van der Waals surface area (Å²) in [5.74, 6) is 0.822. The zero-order valence-corrected chi connectivity index (χ0v) is 14.3. The molecule has 1 aromatic carbocycles. The maximum atomic E-state index is 9.36. The predicted octanol–water partition coefficient (Wildman–Crippen LogP) is 2.72. The van der Waals surface area contributed by atoms with E-state index in [1.807, 2.05) is 29.0 Å². The molecule has 23 heavy (non-hydrogen) atoms. The Morgan fingerprint density at radius 1 is 1.22 bits per heavy atom. The fourth-order valence-electron chi connectivity index (χ4n) is 2.73. The van der Waals surface area contributed by atoms with Gasteiger partial charge in [0.25, 0.3) is 0 Å². The van der Waals surface area contributed by atoms with Crippen LogP contribution in [0.15, 0.2) is 53.8 Å². The van der Waals surface area contributed by atoms with Crippen molar-refractivity contribution >= 4 is 28.3 Å². The average molecular weight is 416 g/mol. The number of hydrogen-bond acceptors (Lipinski definition) is 4. The minimum absolute atomic E-state index is 0.0729. The smallest absolute Gasteiger partial charge is 0.135 e. The molecule has 0 bridgehead atoms. The van der Waals surface area contributed by atoms with Gasteiger partial charge in [0.15, 0.2) is 0 Å². The van der Waals surface area contributed by atoms with Gasteiger partial charge in [0.1, 0.15) is 5.82 Å². The molecule has 0 amide bonds. The molecule has 1 aliphatic heterocycles. The molecule has 1 aliphatic rings. The van der Waals surface area contributed by atoms with Gasteiger partial charge in [-0.1, -0.05) is 6.07 Å². The molecule has 5 nitrogen and oxygen atoms in total. The van der Waals surface area contributed by atoms with E-state index in [1.165, 1.54) is 0 Å². The molecule has 2 aromatic heterocycles. The number of aromatic nitrogens is 3. The number of nitrogens with zero attached hydrogens (tertiary/aromatic N) is 4. The van der Waals surface area contributed by atoms with Gasteiger partial charge in [0, 0.05) is 21.5 Å². The van der Waals surface area contributed by atoms with Crippen LogP contribution < -0.4 is 0 Å². The van der Waals surface area contributed by atoms with Crippen LogP contribution in [0, 0.1) is 3.57 Å². The minimum atomic E-state index is -0.0729. The largest absolute Gasteiger partial charge is 0.390 e. The molecule has 3 aromatic rings. The first-order chi connectivity index (χ1) is 11.3. The van der Waals surface area contributed by atoms with E-state index in [4.69, 9.17) is 4.99 Å². The summed E-state index contributed by atoms with van der Waals surface area (Å²) in [6.45, 7) is 0.383. The molecule has 6 heteroatoms. The van der Waals surface area contributed by atoms with E-state index >= 15 is 0 Å². The van der Waals surface area contributed by atoms with E-state index in [-0.39, 0.29) is 6.61 Å². The summed E-state index contributed by atoms with van der Waals surface area (Å²) in [6, 6.07) is 12.1. The van der Waals surface area contributed by atoms with Gasteiger partial charge in [-0.3, -0.25) is 9.98 Å². The fraction of sp³-hybridized carbons (Fsp3) is 0.118. The highest BCUT2D eigenvalue weighted by atomic mass is 127. The van der Waals surface area contributed by atoms with E-state index in [0.717, 1.165) is 32.1 Å². The van der Waals surface area contributed by atoms with Crippen LogP contribution in [0.2, 0.25) is 0 Å². The molecule has 0 spiro atoms. The second-order valence-corrected chi connectivity index (χ2v) is 6.46.